The zero-order valence-electron chi connectivity index (χ0n) is 59.5. The van der Waals surface area contributed by atoms with Crippen LogP contribution < -0.4 is 31.9 Å². The quantitative estimate of drug-likeness (QED) is 0.0695. The minimum Gasteiger partial charge on any atom is -0.375 e. The van der Waals surface area contributed by atoms with Gasteiger partial charge in [0.05, 0.1) is 74.8 Å². The van der Waals surface area contributed by atoms with Crippen LogP contribution in [-0.4, -0.2) is 141 Å². The highest BCUT2D eigenvalue weighted by molar-refractivity contribution is 5.03. The Morgan fingerprint density at radius 3 is 0.768 bits per heavy atom. The molecule has 0 spiro atoms. The summed E-state index contributed by atoms with van der Waals surface area (Å²) in [6.07, 6.45) is 18.2. The van der Waals surface area contributed by atoms with Gasteiger partial charge in [-0.3, -0.25) is 0 Å². The standard InChI is InChI=1S/C24H48N2O2.2C23H46N2O2/c1-17(2)11-18(28-20-14-23(7,8)26-24(9,10)15-20)16-27-19-12-21(3,4)25-22(5,6)13-19;1-16(2)19(27-18-13-22(7,8)25-23(9,10)14-18)15-26-17-11-20(3,4)24-21(5,6)12-17;1-10-11-17(27-19-14-22(6,7)25-23(8,9)15-19)16-26-18-12-20(2,3)24-21(4,5)13-18/h17-20,25-26H,11-16H2,1-10H3;16-19,24-25H,11-15H2,1-10H3;17-19,24-25H,10-16H2,1-9H3. The molecule has 82 heavy (non-hydrogen) atoms. The van der Waals surface area contributed by atoms with Crippen LogP contribution in [-0.2, 0) is 28.4 Å². The van der Waals surface area contributed by atoms with Crippen LogP contribution in [0.15, 0.2) is 0 Å². The molecule has 0 amide bonds. The lowest BCUT2D eigenvalue weighted by Gasteiger charge is -2.48. The van der Waals surface area contributed by atoms with Gasteiger partial charge >= 0.3 is 0 Å². The molecule has 6 aliphatic rings. The van der Waals surface area contributed by atoms with E-state index in [1.165, 1.54) is 0 Å². The Hall–Kier alpha value is -0.480. The molecule has 6 N–H and O–H groups in total. The van der Waals surface area contributed by atoms with Crippen molar-refractivity contribution >= 4 is 0 Å². The molecule has 0 aromatic carbocycles. The maximum Gasteiger partial charge on any atom is 0.0835 e. The van der Waals surface area contributed by atoms with Crippen LogP contribution in [0.2, 0.25) is 0 Å². The fourth-order valence-corrected chi connectivity index (χ4v) is 17.1. The van der Waals surface area contributed by atoms with Gasteiger partial charge in [0.2, 0.25) is 0 Å². The van der Waals surface area contributed by atoms with E-state index in [9.17, 15) is 0 Å². The van der Waals surface area contributed by atoms with Gasteiger partial charge in [-0.1, -0.05) is 41.0 Å². The van der Waals surface area contributed by atoms with Crippen LogP contribution in [0.5, 0.6) is 0 Å². The molecule has 0 radical (unpaired) electrons. The van der Waals surface area contributed by atoms with Crippen molar-refractivity contribution in [2.75, 3.05) is 19.8 Å². The minimum atomic E-state index is 0.109. The van der Waals surface area contributed by atoms with E-state index in [-0.39, 0.29) is 90.9 Å². The van der Waals surface area contributed by atoms with Gasteiger partial charge < -0.3 is 60.3 Å². The first-order valence-electron chi connectivity index (χ1n) is 33.4. The Bertz CT molecular complexity index is 1820. The van der Waals surface area contributed by atoms with Crippen LogP contribution >= 0.6 is 0 Å². The molecule has 12 heteroatoms. The minimum absolute atomic E-state index is 0.109. The van der Waals surface area contributed by atoms with Gasteiger partial charge in [0.25, 0.3) is 0 Å². The van der Waals surface area contributed by atoms with Gasteiger partial charge in [0.1, 0.15) is 0 Å². The predicted molar refractivity (Wildman–Crippen MR) is 348 cm³/mol. The van der Waals surface area contributed by atoms with Crippen molar-refractivity contribution in [3.8, 4) is 0 Å². The molecule has 12 nitrogen and oxygen atoms in total. The first-order valence-corrected chi connectivity index (χ1v) is 33.4. The second-order valence-electron chi connectivity index (χ2n) is 36.4. The lowest BCUT2D eigenvalue weighted by atomic mass is 9.80. The van der Waals surface area contributed by atoms with E-state index in [4.69, 9.17) is 28.4 Å². The third kappa shape index (κ3) is 27.5. The largest absolute Gasteiger partial charge is 0.375 e. The molecule has 6 heterocycles. The average Bonchev–Trinajstić information content (AvgIpc) is 3.32. The fourth-order valence-electron chi connectivity index (χ4n) is 17.1. The van der Waals surface area contributed by atoms with Crippen molar-refractivity contribution in [3.63, 3.8) is 0 Å². The molecular formula is C70H140N6O6. The molecule has 3 unspecified atom stereocenters. The summed E-state index contributed by atoms with van der Waals surface area (Å²) in [7, 11) is 0. The number of nitrogens with one attached hydrogen (secondary N) is 6. The SMILES string of the molecule is CC(C)C(COC1CC(C)(C)NC(C)(C)C1)OC1CC(C)(C)NC(C)(C)C1.CC(C)CC(COC1CC(C)(C)NC(C)(C)C1)OC1CC(C)(C)NC(C)(C)C1.CCCC(COC1CC(C)(C)NC(C)(C)C1)OC1CC(C)(C)NC(C)(C)C1. The zero-order valence-corrected chi connectivity index (χ0v) is 59.5. The van der Waals surface area contributed by atoms with Crippen molar-refractivity contribution in [2.45, 2.75) is 419 Å². The van der Waals surface area contributed by atoms with Gasteiger partial charge in [-0.15, -0.1) is 0 Å². The van der Waals surface area contributed by atoms with Gasteiger partial charge in [0.15, 0.2) is 0 Å². The molecule has 6 saturated heterocycles. The first kappa shape index (κ1) is 74.0. The topological polar surface area (TPSA) is 128 Å². The lowest BCUT2D eigenvalue weighted by Crippen LogP contribution is -2.60. The smallest absolute Gasteiger partial charge is 0.0835 e. The van der Waals surface area contributed by atoms with Crippen molar-refractivity contribution < 1.29 is 28.4 Å². The molecule has 0 aromatic rings. The highest BCUT2D eigenvalue weighted by Gasteiger charge is 2.45. The van der Waals surface area contributed by atoms with Crippen molar-refractivity contribution in [2.24, 2.45) is 11.8 Å². The summed E-state index contributed by atoms with van der Waals surface area (Å²) in [6.45, 7) is 68.2. The number of hydrogen-bond acceptors (Lipinski definition) is 12. The number of piperidine rings is 6. The van der Waals surface area contributed by atoms with Gasteiger partial charge in [-0.25, -0.2) is 0 Å². The zero-order chi connectivity index (χ0) is 62.6. The van der Waals surface area contributed by atoms with Crippen LogP contribution in [0, 0.1) is 11.8 Å². The Labute approximate surface area is 508 Å². The van der Waals surface area contributed by atoms with E-state index < -0.39 is 0 Å². The van der Waals surface area contributed by atoms with Crippen LogP contribution in [0.1, 0.15) is 297 Å². The molecule has 6 fully saturated rings. The maximum absolute atomic E-state index is 6.69. The Morgan fingerprint density at radius 2 is 0.524 bits per heavy atom. The molecule has 0 aliphatic carbocycles. The highest BCUT2D eigenvalue weighted by atomic mass is 16.6. The van der Waals surface area contributed by atoms with E-state index in [0.29, 0.717) is 55.6 Å². The lowest BCUT2D eigenvalue weighted by molar-refractivity contribution is -0.127. The van der Waals surface area contributed by atoms with Crippen molar-refractivity contribution in [3.05, 3.63) is 0 Å². The van der Waals surface area contributed by atoms with Crippen molar-refractivity contribution in [1.82, 2.24) is 31.9 Å². The van der Waals surface area contributed by atoms with Crippen LogP contribution in [0.3, 0.4) is 0 Å². The highest BCUT2D eigenvalue weighted by Crippen LogP contribution is 2.38. The number of hydrogen-bond donors (Lipinski definition) is 6. The summed E-state index contributed by atoms with van der Waals surface area (Å²) in [5.74, 6) is 1.06. The predicted octanol–water partition coefficient (Wildman–Crippen LogP) is 14.5. The van der Waals surface area contributed by atoms with E-state index in [2.05, 4.69) is 233 Å². The molecule has 0 aromatic heterocycles. The third-order valence-corrected chi connectivity index (χ3v) is 17.7. The first-order chi connectivity index (χ1) is 36.9. The summed E-state index contributed by atoms with van der Waals surface area (Å²) < 4.78 is 39.3. The Balaban J connectivity index is 0.000000264. The van der Waals surface area contributed by atoms with Gasteiger partial charge in [-0.2, -0.15) is 0 Å². The molecule has 0 saturated carbocycles. The Morgan fingerprint density at radius 1 is 0.305 bits per heavy atom. The normalized spacial score (nSPS) is 28.7. The second kappa shape index (κ2) is 28.1. The Kier molecular flexibility index (Phi) is 25.4. The summed E-state index contributed by atoms with van der Waals surface area (Å²) in [6, 6.07) is 0. The van der Waals surface area contributed by atoms with Crippen LogP contribution in [0.4, 0.5) is 0 Å². The average molecular weight is 1160 g/mol. The van der Waals surface area contributed by atoms with E-state index in [1.807, 2.05) is 0 Å². The van der Waals surface area contributed by atoms with Crippen LogP contribution in [0.25, 0.3) is 0 Å². The molecule has 3 atom stereocenters. The second-order valence-corrected chi connectivity index (χ2v) is 36.4. The van der Waals surface area contributed by atoms with E-state index in [1.54, 1.807) is 0 Å². The van der Waals surface area contributed by atoms with Gasteiger partial charge in [-0.05, 0) is 268 Å². The summed E-state index contributed by atoms with van der Waals surface area (Å²) in [5, 5.41) is 22.5. The molecule has 0 bridgehead atoms. The fraction of sp³-hybridized carbons (Fsp3) is 1.00. The summed E-state index contributed by atoms with van der Waals surface area (Å²) >= 11 is 0. The third-order valence-electron chi connectivity index (χ3n) is 17.7. The summed E-state index contributed by atoms with van der Waals surface area (Å²) in [5.41, 5.74) is 1.38. The van der Waals surface area contributed by atoms with Gasteiger partial charge in [0, 0.05) is 66.5 Å². The maximum atomic E-state index is 6.69. The molecule has 6 aliphatic heterocycles. The van der Waals surface area contributed by atoms with E-state index in [0.717, 1.165) is 103 Å². The number of ether oxygens (including phenoxy) is 6. The van der Waals surface area contributed by atoms with E-state index >= 15 is 0 Å². The van der Waals surface area contributed by atoms with Crippen molar-refractivity contribution in [1.29, 1.82) is 0 Å². The molecule has 6 rings (SSSR count). The molecular weight excluding hydrogens is 1020 g/mol. The number of rotatable bonds is 20. The monoisotopic (exact) mass is 1160 g/mol. The molecule has 486 valence electrons. The summed E-state index contributed by atoms with van der Waals surface area (Å²) in [4.78, 5) is 0.